The van der Waals surface area contributed by atoms with E-state index >= 15 is 0 Å². The molecule has 0 radical (unpaired) electrons. The Morgan fingerprint density at radius 1 is 0.857 bits per heavy atom. The van der Waals surface area contributed by atoms with Crippen LogP contribution >= 0.6 is 0 Å². The van der Waals surface area contributed by atoms with Gasteiger partial charge in [-0.15, -0.1) is 0 Å². The molecule has 0 N–H and O–H groups in total. The topological polar surface area (TPSA) is 44.8 Å². The van der Waals surface area contributed by atoms with Crippen LogP contribution < -0.4 is 0 Å². The molecule has 0 saturated carbocycles. The maximum Gasteiger partial charge on any atom is 0.330 e. The van der Waals surface area contributed by atoms with Gasteiger partial charge in [-0.05, 0) is 40.0 Å². The van der Waals surface area contributed by atoms with Crippen molar-refractivity contribution in [2.45, 2.75) is 129 Å². The molecule has 28 heavy (non-hydrogen) atoms. The third-order valence-corrected chi connectivity index (χ3v) is 5.29. The smallest absolute Gasteiger partial charge is 0.330 e. The maximum atomic E-state index is 11.4. The molecular formula is C24H44O4. The average Bonchev–Trinajstić information content (AvgIpc) is 2.94. The van der Waals surface area contributed by atoms with Crippen molar-refractivity contribution in [3.63, 3.8) is 0 Å². The molecule has 1 rings (SSSR count). The molecule has 0 aliphatic carbocycles. The summed E-state index contributed by atoms with van der Waals surface area (Å²) in [6, 6.07) is 0. The van der Waals surface area contributed by atoms with Gasteiger partial charge in [0.25, 0.3) is 0 Å². The van der Waals surface area contributed by atoms with Crippen molar-refractivity contribution in [3.8, 4) is 0 Å². The SMILES string of the molecule is CCCCCCCCCCCC[C@H]1OC(C)(C)O[C@@H]1CC/C=C/C(=O)OCC. The Bertz CT molecular complexity index is 430. The number of hydrogen-bond acceptors (Lipinski definition) is 4. The van der Waals surface area contributed by atoms with Gasteiger partial charge in [0.1, 0.15) is 0 Å². The molecule has 2 atom stereocenters. The number of unbranched alkanes of at least 4 members (excludes halogenated alkanes) is 9. The zero-order valence-corrected chi connectivity index (χ0v) is 18.8. The van der Waals surface area contributed by atoms with Crippen molar-refractivity contribution in [2.75, 3.05) is 6.61 Å². The van der Waals surface area contributed by atoms with Gasteiger partial charge in [0.2, 0.25) is 0 Å². The van der Waals surface area contributed by atoms with E-state index in [0.717, 1.165) is 19.3 Å². The minimum absolute atomic E-state index is 0.111. The zero-order chi connectivity index (χ0) is 20.7. The minimum atomic E-state index is -0.501. The fourth-order valence-corrected chi connectivity index (χ4v) is 3.86. The molecule has 0 spiro atoms. The lowest BCUT2D eigenvalue weighted by atomic mass is 10.0. The van der Waals surface area contributed by atoms with Crippen molar-refractivity contribution < 1.29 is 19.0 Å². The Morgan fingerprint density at radius 2 is 1.39 bits per heavy atom. The number of carbonyl (C=O) groups excluding carboxylic acids is 1. The van der Waals surface area contributed by atoms with Gasteiger partial charge in [0.15, 0.2) is 5.79 Å². The monoisotopic (exact) mass is 396 g/mol. The van der Waals surface area contributed by atoms with E-state index in [2.05, 4.69) is 6.92 Å². The quantitative estimate of drug-likeness (QED) is 0.165. The summed E-state index contributed by atoms with van der Waals surface area (Å²) in [5.41, 5.74) is 0. The molecule has 0 aromatic rings. The van der Waals surface area contributed by atoms with Crippen LogP contribution in [0.15, 0.2) is 12.2 Å². The van der Waals surface area contributed by atoms with Gasteiger partial charge in [-0.3, -0.25) is 0 Å². The molecule has 164 valence electrons. The van der Waals surface area contributed by atoms with Gasteiger partial charge in [-0.1, -0.05) is 77.2 Å². The van der Waals surface area contributed by atoms with E-state index in [0.29, 0.717) is 6.61 Å². The predicted octanol–water partition coefficient (Wildman–Crippen LogP) is 6.72. The summed E-state index contributed by atoms with van der Waals surface area (Å²) in [5, 5.41) is 0. The summed E-state index contributed by atoms with van der Waals surface area (Å²) >= 11 is 0. The third kappa shape index (κ3) is 11.9. The van der Waals surface area contributed by atoms with Crippen molar-refractivity contribution in [2.24, 2.45) is 0 Å². The second kappa shape index (κ2) is 15.0. The van der Waals surface area contributed by atoms with Crippen molar-refractivity contribution >= 4 is 5.97 Å². The molecule has 4 nitrogen and oxygen atoms in total. The second-order valence-corrected chi connectivity index (χ2v) is 8.41. The van der Waals surface area contributed by atoms with E-state index in [-0.39, 0.29) is 18.2 Å². The normalized spacial score (nSPS) is 21.4. The van der Waals surface area contributed by atoms with E-state index in [1.54, 1.807) is 0 Å². The highest BCUT2D eigenvalue weighted by atomic mass is 16.7. The third-order valence-electron chi connectivity index (χ3n) is 5.29. The van der Waals surface area contributed by atoms with E-state index in [4.69, 9.17) is 14.2 Å². The second-order valence-electron chi connectivity index (χ2n) is 8.41. The average molecular weight is 397 g/mol. The molecule has 0 aromatic carbocycles. The summed E-state index contributed by atoms with van der Waals surface area (Å²) in [6.07, 6.45) is 19.9. The van der Waals surface area contributed by atoms with Gasteiger partial charge in [-0.25, -0.2) is 4.79 Å². The van der Waals surface area contributed by atoms with E-state index in [9.17, 15) is 4.79 Å². The summed E-state index contributed by atoms with van der Waals surface area (Å²) < 4.78 is 17.1. The van der Waals surface area contributed by atoms with Crippen molar-refractivity contribution in [1.29, 1.82) is 0 Å². The van der Waals surface area contributed by atoms with Crippen LogP contribution in [0.4, 0.5) is 0 Å². The molecule has 1 aliphatic rings. The number of allylic oxidation sites excluding steroid dienone is 1. The van der Waals surface area contributed by atoms with Crippen LogP contribution in [-0.4, -0.2) is 30.6 Å². The first kappa shape index (κ1) is 25.2. The van der Waals surface area contributed by atoms with Gasteiger partial charge < -0.3 is 14.2 Å². The Labute approximate surface area is 173 Å². The fourth-order valence-electron chi connectivity index (χ4n) is 3.86. The van der Waals surface area contributed by atoms with Gasteiger partial charge in [-0.2, -0.15) is 0 Å². The number of carbonyl (C=O) groups is 1. The van der Waals surface area contributed by atoms with Crippen LogP contribution in [0.3, 0.4) is 0 Å². The molecule has 0 aromatic heterocycles. The number of rotatable bonds is 16. The maximum absolute atomic E-state index is 11.4. The Morgan fingerprint density at radius 3 is 1.96 bits per heavy atom. The molecule has 1 saturated heterocycles. The zero-order valence-electron chi connectivity index (χ0n) is 18.8. The van der Waals surface area contributed by atoms with Crippen LogP contribution in [-0.2, 0) is 19.0 Å². The molecule has 0 bridgehead atoms. The van der Waals surface area contributed by atoms with Crippen LogP contribution in [0, 0.1) is 0 Å². The summed E-state index contributed by atoms with van der Waals surface area (Å²) in [7, 11) is 0. The first-order chi connectivity index (χ1) is 13.5. The first-order valence-corrected chi connectivity index (χ1v) is 11.7. The highest BCUT2D eigenvalue weighted by molar-refractivity contribution is 5.81. The highest BCUT2D eigenvalue weighted by Crippen LogP contribution is 2.33. The van der Waals surface area contributed by atoms with Gasteiger partial charge >= 0.3 is 5.97 Å². The predicted molar refractivity (Wildman–Crippen MR) is 115 cm³/mol. The molecule has 0 amide bonds. The number of hydrogen-bond donors (Lipinski definition) is 0. The van der Waals surface area contributed by atoms with Crippen molar-refractivity contribution in [3.05, 3.63) is 12.2 Å². The van der Waals surface area contributed by atoms with Crippen LogP contribution in [0.25, 0.3) is 0 Å². The Balaban J connectivity index is 2.16. The molecule has 1 aliphatic heterocycles. The van der Waals surface area contributed by atoms with E-state index in [1.807, 2.05) is 26.8 Å². The Hall–Kier alpha value is -0.870. The van der Waals surface area contributed by atoms with E-state index in [1.165, 1.54) is 70.3 Å². The summed E-state index contributed by atoms with van der Waals surface area (Å²) in [5.74, 6) is -0.771. The standard InChI is InChI=1S/C24H44O4/c1-5-7-8-9-10-11-12-13-14-15-18-21-22(28-24(3,4)27-21)19-16-17-20-23(25)26-6-2/h17,20-22H,5-16,18-19H2,1-4H3/b20-17+/t21-,22-/m1/s1. The lowest BCUT2D eigenvalue weighted by Gasteiger charge is -2.16. The van der Waals surface area contributed by atoms with Crippen LogP contribution in [0.1, 0.15) is 111 Å². The number of ether oxygens (including phenoxy) is 3. The lowest BCUT2D eigenvalue weighted by molar-refractivity contribution is -0.147. The summed E-state index contributed by atoms with van der Waals surface area (Å²) in [6.45, 7) is 8.48. The molecule has 4 heteroatoms. The van der Waals surface area contributed by atoms with Gasteiger partial charge in [0.05, 0.1) is 18.8 Å². The first-order valence-electron chi connectivity index (χ1n) is 11.7. The Kier molecular flexibility index (Phi) is 13.5. The largest absolute Gasteiger partial charge is 0.463 e. The molecule has 1 heterocycles. The molecule has 0 unspecified atom stereocenters. The highest BCUT2D eigenvalue weighted by Gasteiger charge is 2.40. The van der Waals surface area contributed by atoms with E-state index < -0.39 is 5.79 Å². The van der Waals surface area contributed by atoms with Crippen LogP contribution in [0.5, 0.6) is 0 Å². The van der Waals surface area contributed by atoms with Crippen LogP contribution in [0.2, 0.25) is 0 Å². The molecular weight excluding hydrogens is 352 g/mol. The molecule has 1 fully saturated rings. The lowest BCUT2D eigenvalue weighted by Crippen LogP contribution is -2.22. The van der Waals surface area contributed by atoms with Crippen molar-refractivity contribution in [1.82, 2.24) is 0 Å². The fraction of sp³-hybridized carbons (Fsp3) is 0.875. The number of esters is 1. The summed E-state index contributed by atoms with van der Waals surface area (Å²) in [4.78, 5) is 11.4. The minimum Gasteiger partial charge on any atom is -0.463 e. The van der Waals surface area contributed by atoms with Gasteiger partial charge in [0, 0.05) is 6.08 Å².